The van der Waals surface area contributed by atoms with Crippen molar-refractivity contribution in [3.05, 3.63) is 110 Å². The van der Waals surface area contributed by atoms with E-state index in [2.05, 4.69) is 31.9 Å². The van der Waals surface area contributed by atoms with E-state index in [1.807, 2.05) is 0 Å². The molecular formula is C61H72FN9O15. The molecule has 86 heavy (non-hydrogen) atoms. The zero-order chi connectivity index (χ0) is 62.0. The van der Waals surface area contributed by atoms with Crippen LogP contribution in [-0.4, -0.2) is 136 Å². The average Bonchev–Trinajstić information content (AvgIpc) is 1.55. The lowest BCUT2D eigenvalue weighted by atomic mass is 9.81. The summed E-state index contributed by atoms with van der Waals surface area (Å²) >= 11 is 0. The number of cyclic esters (lactones) is 1. The number of carbonyl (C=O) groups is 10. The van der Waals surface area contributed by atoms with Crippen LogP contribution in [0.1, 0.15) is 130 Å². The Balaban J connectivity index is 0.796. The lowest BCUT2D eigenvalue weighted by Crippen LogP contribution is -2.52. The molecule has 7 N–H and O–H groups in total. The summed E-state index contributed by atoms with van der Waals surface area (Å²) in [7, 11) is 0. The minimum Gasteiger partial charge on any atom is -0.460 e. The van der Waals surface area contributed by atoms with Crippen LogP contribution in [0.4, 0.5) is 4.39 Å². The number of hydrogen-bond donors (Lipinski definition) is 7. The third kappa shape index (κ3) is 15.2. The van der Waals surface area contributed by atoms with E-state index in [0.717, 1.165) is 10.5 Å². The fourth-order valence-electron chi connectivity index (χ4n) is 11.0. The van der Waals surface area contributed by atoms with E-state index in [4.69, 9.17) is 19.2 Å². The maximum Gasteiger partial charge on any atom is 0.343 e. The number of halogens is 1. The normalized spacial score (nSPS) is 17.2. The third-order valence-corrected chi connectivity index (χ3v) is 15.4. The molecule has 458 valence electrons. The number of benzene rings is 2. The Morgan fingerprint density at radius 3 is 2.29 bits per heavy atom. The number of fused-ring (bicyclic) bond motifs is 5. The molecule has 8 amide bonds. The summed E-state index contributed by atoms with van der Waals surface area (Å²) in [6, 6.07) is 9.06. The predicted octanol–water partition coefficient (Wildman–Crippen LogP) is 2.21. The van der Waals surface area contributed by atoms with Gasteiger partial charge in [0, 0.05) is 67.1 Å². The van der Waals surface area contributed by atoms with Gasteiger partial charge in [-0.1, -0.05) is 43.7 Å². The molecule has 0 fully saturated rings. The molecule has 25 heteroatoms. The number of carbonyl (C=O) groups excluding carboxylic acids is 10. The Bertz CT molecular complexity index is 3430. The van der Waals surface area contributed by atoms with Gasteiger partial charge in [-0.25, -0.2) is 14.2 Å². The van der Waals surface area contributed by atoms with Crippen LogP contribution in [-0.2, 0) is 93.8 Å². The highest BCUT2D eigenvalue weighted by atomic mass is 19.1. The van der Waals surface area contributed by atoms with Crippen molar-refractivity contribution in [2.45, 2.75) is 148 Å². The van der Waals surface area contributed by atoms with Gasteiger partial charge in [-0.3, -0.25) is 52.8 Å². The van der Waals surface area contributed by atoms with Crippen LogP contribution in [0.5, 0.6) is 0 Å². The minimum absolute atomic E-state index is 0.0110. The summed E-state index contributed by atoms with van der Waals surface area (Å²) in [5.74, 6) is -6.16. The van der Waals surface area contributed by atoms with Crippen molar-refractivity contribution in [3.8, 4) is 11.4 Å². The van der Waals surface area contributed by atoms with Gasteiger partial charge in [0.05, 0.1) is 67.2 Å². The molecule has 5 heterocycles. The molecule has 0 radical (unpaired) electrons. The van der Waals surface area contributed by atoms with Crippen LogP contribution < -0.4 is 37.5 Å². The molecule has 0 saturated heterocycles. The first-order valence-electron chi connectivity index (χ1n) is 28.8. The minimum atomic E-state index is -2.05. The van der Waals surface area contributed by atoms with Gasteiger partial charge in [-0.2, -0.15) is 0 Å². The maximum atomic E-state index is 15.4. The van der Waals surface area contributed by atoms with Crippen LogP contribution in [0.15, 0.2) is 59.4 Å². The van der Waals surface area contributed by atoms with Crippen molar-refractivity contribution in [2.75, 3.05) is 39.4 Å². The van der Waals surface area contributed by atoms with Crippen molar-refractivity contribution in [1.29, 1.82) is 0 Å². The number of nitrogens with zero attached hydrogens (tertiary/aromatic N) is 3. The summed E-state index contributed by atoms with van der Waals surface area (Å²) in [6.45, 7) is 6.54. The lowest BCUT2D eigenvalue weighted by Gasteiger charge is -2.31. The average molecular weight is 1190 g/mol. The smallest absolute Gasteiger partial charge is 0.343 e. The third-order valence-electron chi connectivity index (χ3n) is 15.4. The highest BCUT2D eigenvalue weighted by molar-refractivity contribution is 6.12. The first kappa shape index (κ1) is 63.3. The molecular weight excluding hydrogens is 1120 g/mol. The number of pyridine rings is 2. The van der Waals surface area contributed by atoms with Crippen LogP contribution in [0.3, 0.4) is 0 Å². The fraction of sp³-hybridized carbons (Fsp3) is 0.475. The van der Waals surface area contributed by atoms with E-state index in [0.29, 0.717) is 76.6 Å². The zero-order valence-electron chi connectivity index (χ0n) is 48.7. The number of rotatable bonds is 27. The number of unbranched alkanes of at least 4 members (excludes halogenated alkanes) is 2. The zero-order valence-corrected chi connectivity index (χ0v) is 48.7. The Kier molecular flexibility index (Phi) is 20.3. The van der Waals surface area contributed by atoms with Crippen LogP contribution >= 0.6 is 0 Å². The van der Waals surface area contributed by atoms with Gasteiger partial charge in [0.15, 0.2) is 5.60 Å². The number of imide groups is 1. The molecule has 4 aromatic rings. The summed E-state index contributed by atoms with van der Waals surface area (Å²) in [6.07, 6.45) is 4.71. The van der Waals surface area contributed by atoms with E-state index in [1.165, 1.54) is 22.8 Å². The second kappa shape index (κ2) is 27.5. The van der Waals surface area contributed by atoms with Gasteiger partial charge in [0.25, 0.3) is 17.4 Å². The highest BCUT2D eigenvalue weighted by Gasteiger charge is 2.46. The van der Waals surface area contributed by atoms with Crippen molar-refractivity contribution < 1.29 is 71.7 Å². The summed E-state index contributed by atoms with van der Waals surface area (Å²) in [4.78, 5) is 148. The summed E-state index contributed by atoms with van der Waals surface area (Å²) in [5, 5.41) is 28.2. The first-order valence-corrected chi connectivity index (χ1v) is 28.8. The van der Waals surface area contributed by atoms with Gasteiger partial charge < -0.3 is 55.8 Å². The number of nitrogens with one attached hydrogen (secondary N) is 6. The van der Waals surface area contributed by atoms with Gasteiger partial charge >= 0.3 is 11.9 Å². The number of aliphatic hydroxyl groups is 1. The highest BCUT2D eigenvalue weighted by Crippen LogP contribution is 2.46. The Morgan fingerprint density at radius 1 is 0.849 bits per heavy atom. The molecule has 4 atom stereocenters. The van der Waals surface area contributed by atoms with Gasteiger partial charge in [-0.15, -0.1) is 0 Å². The Labute approximate surface area is 494 Å². The lowest BCUT2D eigenvalue weighted by molar-refractivity contribution is -0.172. The van der Waals surface area contributed by atoms with Crippen molar-refractivity contribution in [3.63, 3.8) is 0 Å². The van der Waals surface area contributed by atoms with Crippen LogP contribution in [0.2, 0.25) is 0 Å². The summed E-state index contributed by atoms with van der Waals surface area (Å²) < 4.78 is 33.1. The predicted molar refractivity (Wildman–Crippen MR) is 306 cm³/mol. The summed E-state index contributed by atoms with van der Waals surface area (Å²) in [5.41, 5.74) is 1.23. The van der Waals surface area contributed by atoms with Crippen molar-refractivity contribution in [1.82, 2.24) is 46.4 Å². The van der Waals surface area contributed by atoms with Crippen molar-refractivity contribution in [2.24, 2.45) is 0 Å². The van der Waals surface area contributed by atoms with Gasteiger partial charge in [0.1, 0.15) is 30.7 Å². The first-order chi connectivity index (χ1) is 40.9. The van der Waals surface area contributed by atoms with E-state index in [-0.39, 0.29) is 100 Å². The SMILES string of the molecule is CC[C@@]1(O)C(=O)OCc2c1cc1n(c2=O)Cc2c-1nc1cc(F)c(C)c3c1c2[C@@H](NC(=O)CCCNC(=O)CNC(=O)[C@H](Cc1ccccc1)NC(=O)CNC(=O)COC[C@H](CC(=O)OC(C)(C)C)NC(=O)CCCCCN1C(=O)C=CC1=O)CC3. The van der Waals surface area contributed by atoms with E-state index < -0.39 is 102 Å². The number of aryl methyl sites for hydroxylation is 1. The molecule has 0 bridgehead atoms. The standard InChI is InChI=1S/C61H72FN9O15/c1-6-61(83)40-26-45-56-38(30-71(45)58(81)39(40)32-85-59(61)82)55-42(19-18-37-34(2)41(62)27-43(69-56)54(37)55)67-47(73)17-13-22-63-48(74)28-65-57(80)44(24-35-14-9-7-10-15-35)68-49(75)29-64-50(76)33-84-31-36(25-53(79)86-60(3,4)5)66-46(72)16-11-8-12-23-70-51(77)20-21-52(70)78/h7,9-10,14-15,20-21,26-27,36,42,44,83H,6,8,11-13,16-19,22-25,28-33H2,1-5H3,(H,63,74)(H,64,76)(H,65,80)(H,66,72)(H,67,73)(H,68,75)/t36-,42-,44-,61-/m0/s1. The van der Waals surface area contributed by atoms with Crippen molar-refractivity contribution >= 4 is 70.1 Å². The van der Waals surface area contributed by atoms with E-state index in [1.54, 1.807) is 71.0 Å². The molecule has 0 saturated carbocycles. The molecule has 2 aromatic carbocycles. The number of esters is 2. The molecule has 0 unspecified atom stereocenters. The number of hydrogen-bond acceptors (Lipinski definition) is 16. The van der Waals surface area contributed by atoms with E-state index in [9.17, 15) is 57.8 Å². The van der Waals surface area contributed by atoms with E-state index >= 15 is 4.39 Å². The van der Waals surface area contributed by atoms with Crippen LogP contribution in [0, 0.1) is 12.7 Å². The largest absolute Gasteiger partial charge is 0.460 e. The number of aromatic nitrogens is 2. The molecule has 24 nitrogen and oxygen atoms in total. The molecule has 3 aliphatic heterocycles. The Hall–Kier alpha value is -8.71. The quantitative estimate of drug-likeness (QED) is 0.0225. The van der Waals surface area contributed by atoms with Gasteiger partial charge in [0.2, 0.25) is 35.4 Å². The van der Waals surface area contributed by atoms with Gasteiger partial charge in [-0.05, 0) is 94.5 Å². The molecule has 8 rings (SSSR count). The molecule has 4 aliphatic rings. The molecule has 0 spiro atoms. The number of amides is 8. The molecule has 1 aliphatic carbocycles. The van der Waals surface area contributed by atoms with Crippen LogP contribution in [0.25, 0.3) is 22.3 Å². The number of ether oxygens (including phenoxy) is 3. The molecule has 2 aromatic heterocycles. The monoisotopic (exact) mass is 1190 g/mol. The Morgan fingerprint density at radius 2 is 1.57 bits per heavy atom. The fourth-order valence-corrected chi connectivity index (χ4v) is 11.0. The second-order valence-electron chi connectivity index (χ2n) is 22.8. The maximum absolute atomic E-state index is 15.4. The topological polar surface area (TPSA) is 329 Å². The second-order valence-corrected chi connectivity index (χ2v) is 22.8.